The fourth-order valence-corrected chi connectivity index (χ4v) is 1.65. The maximum Gasteiger partial charge on any atom is 0.117 e. The van der Waals surface area contributed by atoms with Gasteiger partial charge in [-0.1, -0.05) is 32.6 Å². The number of rotatable bonds is 8. The van der Waals surface area contributed by atoms with Gasteiger partial charge in [-0.05, 0) is 32.0 Å². The van der Waals surface area contributed by atoms with Gasteiger partial charge in [-0.2, -0.15) is 0 Å². The van der Waals surface area contributed by atoms with Crippen LogP contribution in [-0.2, 0) is 6.54 Å². The molecule has 0 saturated carbocycles. The second kappa shape index (κ2) is 7.52. The van der Waals surface area contributed by atoms with Crippen molar-refractivity contribution >= 4 is 0 Å². The van der Waals surface area contributed by atoms with Gasteiger partial charge in [-0.15, -0.1) is 0 Å². The summed E-state index contributed by atoms with van der Waals surface area (Å²) in [4.78, 5) is 0. The molecule has 0 bridgehead atoms. The number of nitrogens with one attached hydrogen (secondary N) is 1. The fourth-order valence-electron chi connectivity index (χ4n) is 1.65. The highest BCUT2D eigenvalue weighted by Gasteiger charge is 1.96. The number of furan rings is 1. The summed E-state index contributed by atoms with van der Waals surface area (Å²) in [6, 6.07) is 4.05. The van der Waals surface area contributed by atoms with Gasteiger partial charge >= 0.3 is 0 Å². The third kappa shape index (κ3) is 5.63. The first-order valence-electron chi connectivity index (χ1n) is 6.09. The van der Waals surface area contributed by atoms with Gasteiger partial charge in [0.25, 0.3) is 0 Å². The van der Waals surface area contributed by atoms with Gasteiger partial charge in [-0.3, -0.25) is 0 Å². The third-order valence-corrected chi connectivity index (χ3v) is 2.55. The van der Waals surface area contributed by atoms with Crippen LogP contribution >= 0.6 is 0 Å². The Morgan fingerprint density at radius 3 is 2.60 bits per heavy atom. The average molecular weight is 209 g/mol. The Balaban J connectivity index is 1.93. The highest BCUT2D eigenvalue weighted by Crippen LogP contribution is 2.06. The van der Waals surface area contributed by atoms with Crippen LogP contribution in [-0.4, -0.2) is 6.54 Å². The summed E-state index contributed by atoms with van der Waals surface area (Å²) in [5, 5.41) is 3.40. The number of unbranched alkanes of at least 4 members (excludes halogenated alkanes) is 4. The van der Waals surface area contributed by atoms with Crippen molar-refractivity contribution in [1.29, 1.82) is 0 Å². The van der Waals surface area contributed by atoms with E-state index in [2.05, 4.69) is 12.2 Å². The van der Waals surface area contributed by atoms with Crippen LogP contribution in [0, 0.1) is 6.92 Å². The van der Waals surface area contributed by atoms with Crippen LogP contribution in [0.5, 0.6) is 0 Å². The largest absolute Gasteiger partial charge is 0.465 e. The molecule has 86 valence electrons. The van der Waals surface area contributed by atoms with Crippen LogP contribution in [0.3, 0.4) is 0 Å². The predicted octanol–water partition coefficient (Wildman–Crippen LogP) is 3.65. The Morgan fingerprint density at radius 2 is 1.93 bits per heavy atom. The zero-order chi connectivity index (χ0) is 10.9. The van der Waals surface area contributed by atoms with E-state index in [9.17, 15) is 0 Å². The van der Waals surface area contributed by atoms with Gasteiger partial charge in [0.15, 0.2) is 0 Å². The van der Waals surface area contributed by atoms with Crippen molar-refractivity contribution in [3.8, 4) is 0 Å². The third-order valence-electron chi connectivity index (χ3n) is 2.55. The van der Waals surface area contributed by atoms with Crippen LogP contribution in [0.4, 0.5) is 0 Å². The lowest BCUT2D eigenvalue weighted by Gasteiger charge is -2.02. The zero-order valence-corrected chi connectivity index (χ0v) is 10.0. The topological polar surface area (TPSA) is 25.2 Å². The molecule has 0 aromatic carbocycles. The van der Waals surface area contributed by atoms with E-state index in [4.69, 9.17) is 4.42 Å². The Hall–Kier alpha value is -0.760. The smallest absolute Gasteiger partial charge is 0.117 e. The Labute approximate surface area is 93.1 Å². The van der Waals surface area contributed by atoms with Gasteiger partial charge < -0.3 is 9.73 Å². The zero-order valence-electron chi connectivity index (χ0n) is 10.0. The van der Waals surface area contributed by atoms with E-state index in [0.29, 0.717) is 0 Å². The van der Waals surface area contributed by atoms with Crippen molar-refractivity contribution in [2.45, 2.75) is 52.5 Å². The van der Waals surface area contributed by atoms with Gasteiger partial charge in [0.1, 0.15) is 11.5 Å². The molecule has 1 rings (SSSR count). The second-order valence-electron chi connectivity index (χ2n) is 4.10. The van der Waals surface area contributed by atoms with Crippen LogP contribution in [0.2, 0.25) is 0 Å². The molecule has 0 aliphatic heterocycles. The fraction of sp³-hybridized carbons (Fsp3) is 0.692. The molecule has 0 unspecified atom stereocenters. The lowest BCUT2D eigenvalue weighted by molar-refractivity contribution is 0.458. The molecule has 15 heavy (non-hydrogen) atoms. The normalized spacial score (nSPS) is 10.8. The molecule has 0 fully saturated rings. The molecule has 1 aromatic rings. The molecule has 1 aromatic heterocycles. The molecule has 1 N–H and O–H groups in total. The quantitative estimate of drug-likeness (QED) is 0.661. The SMILES string of the molecule is CCCCCCCNCc1ccc(C)o1. The number of hydrogen-bond acceptors (Lipinski definition) is 2. The second-order valence-corrected chi connectivity index (χ2v) is 4.10. The minimum absolute atomic E-state index is 0.863. The predicted molar refractivity (Wildman–Crippen MR) is 63.9 cm³/mol. The molecule has 0 spiro atoms. The van der Waals surface area contributed by atoms with E-state index >= 15 is 0 Å². The van der Waals surface area contributed by atoms with E-state index in [1.165, 1.54) is 32.1 Å². The summed E-state index contributed by atoms with van der Waals surface area (Å²) in [5.41, 5.74) is 0. The molecular formula is C13H23NO. The van der Waals surface area contributed by atoms with E-state index in [-0.39, 0.29) is 0 Å². The maximum atomic E-state index is 5.47. The Morgan fingerprint density at radius 1 is 1.13 bits per heavy atom. The Bertz CT molecular complexity index is 255. The minimum Gasteiger partial charge on any atom is -0.465 e. The molecule has 2 nitrogen and oxygen atoms in total. The summed E-state index contributed by atoms with van der Waals surface area (Å²) in [7, 11) is 0. The van der Waals surface area contributed by atoms with Crippen molar-refractivity contribution in [1.82, 2.24) is 5.32 Å². The number of aryl methyl sites for hydroxylation is 1. The van der Waals surface area contributed by atoms with Crippen molar-refractivity contribution < 1.29 is 4.42 Å². The molecule has 0 aliphatic carbocycles. The monoisotopic (exact) mass is 209 g/mol. The summed E-state index contributed by atoms with van der Waals surface area (Å²) in [6.07, 6.45) is 6.69. The molecule has 0 aliphatic rings. The van der Waals surface area contributed by atoms with Crippen molar-refractivity contribution in [2.75, 3.05) is 6.54 Å². The highest BCUT2D eigenvalue weighted by atomic mass is 16.3. The molecule has 0 amide bonds. The first-order chi connectivity index (χ1) is 7.33. The lowest BCUT2D eigenvalue weighted by Crippen LogP contribution is -2.14. The van der Waals surface area contributed by atoms with E-state index in [1.54, 1.807) is 0 Å². The first kappa shape index (κ1) is 12.3. The number of hydrogen-bond donors (Lipinski definition) is 1. The van der Waals surface area contributed by atoms with Crippen LogP contribution < -0.4 is 5.32 Å². The van der Waals surface area contributed by atoms with Gasteiger partial charge in [-0.25, -0.2) is 0 Å². The molecule has 0 saturated heterocycles. The lowest BCUT2D eigenvalue weighted by atomic mass is 10.1. The van der Waals surface area contributed by atoms with Crippen molar-refractivity contribution in [2.24, 2.45) is 0 Å². The van der Waals surface area contributed by atoms with Crippen molar-refractivity contribution in [3.63, 3.8) is 0 Å². The van der Waals surface area contributed by atoms with Crippen molar-refractivity contribution in [3.05, 3.63) is 23.7 Å². The summed E-state index contributed by atoms with van der Waals surface area (Å²) in [6.45, 7) is 6.19. The molecule has 1 heterocycles. The standard InChI is InChI=1S/C13H23NO/c1-3-4-5-6-7-10-14-11-13-9-8-12(2)15-13/h8-9,14H,3-7,10-11H2,1-2H3. The maximum absolute atomic E-state index is 5.47. The summed E-state index contributed by atoms with van der Waals surface area (Å²) < 4.78 is 5.47. The summed E-state index contributed by atoms with van der Waals surface area (Å²) >= 11 is 0. The molecule has 0 atom stereocenters. The van der Waals surface area contributed by atoms with E-state index in [0.717, 1.165) is 24.6 Å². The van der Waals surface area contributed by atoms with E-state index in [1.807, 2.05) is 19.1 Å². The van der Waals surface area contributed by atoms with Crippen LogP contribution in [0.15, 0.2) is 16.5 Å². The Kier molecular flexibility index (Phi) is 6.17. The van der Waals surface area contributed by atoms with Crippen LogP contribution in [0.1, 0.15) is 50.5 Å². The molecule has 2 heteroatoms. The van der Waals surface area contributed by atoms with E-state index < -0.39 is 0 Å². The first-order valence-corrected chi connectivity index (χ1v) is 6.09. The summed E-state index contributed by atoms with van der Waals surface area (Å²) in [5.74, 6) is 2.04. The minimum atomic E-state index is 0.863. The van der Waals surface area contributed by atoms with Gasteiger partial charge in [0.05, 0.1) is 6.54 Å². The van der Waals surface area contributed by atoms with Crippen LogP contribution in [0.25, 0.3) is 0 Å². The van der Waals surface area contributed by atoms with Gasteiger partial charge in [0.2, 0.25) is 0 Å². The molecule has 0 radical (unpaired) electrons. The highest BCUT2D eigenvalue weighted by molar-refractivity contribution is 5.04. The van der Waals surface area contributed by atoms with Gasteiger partial charge in [0, 0.05) is 0 Å². The average Bonchev–Trinajstić information content (AvgIpc) is 2.63. The molecular weight excluding hydrogens is 186 g/mol.